The Hall–Kier alpha value is -2.91. The van der Waals surface area contributed by atoms with Crippen molar-refractivity contribution in [3.63, 3.8) is 0 Å². The number of carbonyl (C=O) groups is 5. The molecule has 0 aromatic rings. The number of ether oxygens (including phenoxy) is 5. The van der Waals surface area contributed by atoms with E-state index in [0.717, 1.165) is 212 Å². The summed E-state index contributed by atoms with van der Waals surface area (Å²) in [6.45, 7) is 17.1. The smallest absolute Gasteiger partial charge is 0.379 e. The van der Waals surface area contributed by atoms with E-state index in [0.29, 0.717) is 51.4 Å². The average Bonchev–Trinajstić information content (AvgIpc) is 3.75. The first-order valence-electron chi connectivity index (χ1n) is 34.8. The van der Waals surface area contributed by atoms with Crippen LogP contribution in [-0.4, -0.2) is 48.7 Å². The van der Waals surface area contributed by atoms with Gasteiger partial charge in [0.05, 0.1) is 23.7 Å². The fourth-order valence-corrected chi connectivity index (χ4v) is 11.5. The van der Waals surface area contributed by atoms with E-state index in [1.807, 2.05) is 0 Å². The molecule has 1 aliphatic heterocycles. The Morgan fingerprint density at radius 1 is 0.338 bits per heavy atom. The first-order valence-corrected chi connectivity index (χ1v) is 34.8. The highest BCUT2D eigenvalue weighted by Gasteiger charge is 2.48. The van der Waals surface area contributed by atoms with Crippen LogP contribution < -0.4 is 0 Å². The van der Waals surface area contributed by atoms with E-state index in [1.54, 1.807) is 0 Å². The molecule has 0 aromatic carbocycles. The van der Waals surface area contributed by atoms with Crippen LogP contribution in [0, 0.1) is 23.7 Å². The van der Waals surface area contributed by atoms with Crippen LogP contribution in [0.25, 0.3) is 0 Å². The molecule has 0 fully saturated rings. The molecule has 468 valence electrons. The first-order chi connectivity index (χ1) is 39.1. The second kappa shape index (κ2) is 52.9. The van der Waals surface area contributed by atoms with Gasteiger partial charge in [0.25, 0.3) is 5.76 Å². The molecule has 5 unspecified atom stereocenters. The molecule has 6 atom stereocenters. The van der Waals surface area contributed by atoms with Gasteiger partial charge in [-0.3, -0.25) is 19.2 Å². The van der Waals surface area contributed by atoms with Crippen molar-refractivity contribution in [2.75, 3.05) is 6.61 Å². The number of unbranched alkanes of at least 4 members (excludes halogenated alkanes) is 32. The van der Waals surface area contributed by atoms with Crippen molar-refractivity contribution >= 4 is 29.8 Å². The van der Waals surface area contributed by atoms with Gasteiger partial charge in [-0.25, -0.2) is 4.79 Å². The third-order valence-electron chi connectivity index (χ3n) is 16.9. The number of esters is 5. The third kappa shape index (κ3) is 36.6. The van der Waals surface area contributed by atoms with Crippen LogP contribution >= 0.6 is 0 Å². The Balaban J connectivity index is 4.00. The molecule has 0 saturated carbocycles. The summed E-state index contributed by atoms with van der Waals surface area (Å²) in [6, 6.07) is 0. The van der Waals surface area contributed by atoms with E-state index in [2.05, 4.69) is 55.4 Å². The van der Waals surface area contributed by atoms with E-state index in [9.17, 15) is 24.0 Å². The minimum Gasteiger partial charge on any atom is -0.461 e. The van der Waals surface area contributed by atoms with E-state index in [-0.39, 0.29) is 17.6 Å². The summed E-state index contributed by atoms with van der Waals surface area (Å²) in [4.78, 5) is 73.2. The lowest BCUT2D eigenvalue weighted by Gasteiger charge is -2.27. The van der Waals surface area contributed by atoms with E-state index in [1.165, 1.54) is 44.9 Å². The highest BCUT2D eigenvalue weighted by atomic mass is 16.7. The molecule has 1 aliphatic rings. The fraction of sp³-hybridized carbons (Fsp3) is 0.900. The highest BCUT2D eigenvalue weighted by Crippen LogP contribution is 2.35. The lowest BCUT2D eigenvalue weighted by molar-refractivity contribution is -0.177. The number of rotatable bonds is 58. The maximum Gasteiger partial charge on any atom is 0.379 e. The van der Waals surface area contributed by atoms with Gasteiger partial charge < -0.3 is 23.7 Å². The van der Waals surface area contributed by atoms with Crippen molar-refractivity contribution in [1.82, 2.24) is 0 Å². The Bertz CT molecular complexity index is 1560. The zero-order valence-electron chi connectivity index (χ0n) is 53.7. The SMILES string of the molecule is CCCCCCCCC(CCCCCC)C(=O)OCC(OC(=O)C(CCCCCC)CCCCCCCC)[C@H]1OC(=O)C(OC(=O)C(CCCCCC)CCCCCCCC)=C1OC(=O)C(CCCCCC)CCCCCCCC. The third-order valence-corrected chi connectivity index (χ3v) is 16.9. The molecule has 0 aliphatic carbocycles. The predicted octanol–water partition coefficient (Wildman–Crippen LogP) is 21.0. The summed E-state index contributed by atoms with van der Waals surface area (Å²) in [6.07, 6.45) is 44.7. The van der Waals surface area contributed by atoms with Gasteiger partial charge in [0.1, 0.15) is 6.61 Å². The standard InChI is InChI=1S/C70H128O10/c1-9-17-25-33-37-45-50-58(49-41-29-21-13-5)66(71)76-57-62(77-67(72)59(51-42-30-22-14-6)54-46-38-34-26-18-10-2)63-64(79-68(73)60(52-43-31-23-15-7)55-47-39-35-27-19-11-3)65(70(75)78-63)80-69(74)61(53-44-32-24-16-8)56-48-40-36-28-20-12-4/h58-63H,9-57H2,1-8H3/t58?,59?,60?,61?,62?,63-/m1/s1. The summed E-state index contributed by atoms with van der Waals surface area (Å²) in [5.41, 5.74) is 0. The van der Waals surface area contributed by atoms with Gasteiger partial charge in [-0.2, -0.15) is 0 Å². The average molecular weight is 1130 g/mol. The quantitative estimate of drug-likeness (QED) is 0.0329. The highest BCUT2D eigenvalue weighted by molar-refractivity contribution is 5.93. The van der Waals surface area contributed by atoms with Crippen molar-refractivity contribution in [1.29, 1.82) is 0 Å². The Morgan fingerprint density at radius 3 is 0.900 bits per heavy atom. The zero-order chi connectivity index (χ0) is 58.7. The molecule has 10 nitrogen and oxygen atoms in total. The van der Waals surface area contributed by atoms with Gasteiger partial charge in [-0.05, 0) is 51.4 Å². The van der Waals surface area contributed by atoms with Gasteiger partial charge in [0, 0.05) is 0 Å². The lowest BCUT2D eigenvalue weighted by atomic mass is 9.94. The monoisotopic (exact) mass is 1130 g/mol. The van der Waals surface area contributed by atoms with Crippen molar-refractivity contribution in [3.8, 4) is 0 Å². The molecular formula is C70H128O10. The molecule has 0 spiro atoms. The van der Waals surface area contributed by atoms with Crippen molar-refractivity contribution < 1.29 is 47.7 Å². The second-order valence-corrected chi connectivity index (χ2v) is 24.4. The summed E-state index contributed by atoms with van der Waals surface area (Å²) in [5, 5.41) is 0. The summed E-state index contributed by atoms with van der Waals surface area (Å²) in [5.74, 6) is -5.15. The van der Waals surface area contributed by atoms with Crippen molar-refractivity contribution in [2.24, 2.45) is 23.7 Å². The minimum absolute atomic E-state index is 0.244. The van der Waals surface area contributed by atoms with Crippen LogP contribution in [0.15, 0.2) is 11.5 Å². The molecule has 80 heavy (non-hydrogen) atoms. The topological polar surface area (TPSA) is 132 Å². The summed E-state index contributed by atoms with van der Waals surface area (Å²) in [7, 11) is 0. The first kappa shape index (κ1) is 75.1. The van der Waals surface area contributed by atoms with Gasteiger partial charge in [-0.15, -0.1) is 0 Å². The molecular weight excluding hydrogens is 1000 g/mol. The molecule has 10 heteroatoms. The van der Waals surface area contributed by atoms with Crippen LogP contribution in [0.4, 0.5) is 0 Å². The predicted molar refractivity (Wildman–Crippen MR) is 331 cm³/mol. The zero-order valence-corrected chi connectivity index (χ0v) is 53.7. The fourth-order valence-electron chi connectivity index (χ4n) is 11.5. The number of cyclic esters (lactones) is 1. The Kier molecular flexibility index (Phi) is 49.6. The van der Waals surface area contributed by atoms with Crippen LogP contribution in [-0.2, 0) is 47.7 Å². The number of hydrogen-bond acceptors (Lipinski definition) is 10. The van der Waals surface area contributed by atoms with E-state index in [4.69, 9.17) is 23.7 Å². The van der Waals surface area contributed by atoms with Gasteiger partial charge >= 0.3 is 29.8 Å². The van der Waals surface area contributed by atoms with Gasteiger partial charge in [-0.1, -0.05) is 312 Å². The normalized spacial score (nSPS) is 15.3. The molecule has 0 bridgehead atoms. The van der Waals surface area contributed by atoms with E-state index < -0.39 is 66.2 Å². The van der Waals surface area contributed by atoms with Gasteiger partial charge in [0.15, 0.2) is 6.10 Å². The van der Waals surface area contributed by atoms with Gasteiger partial charge in [0.2, 0.25) is 11.9 Å². The van der Waals surface area contributed by atoms with Crippen LogP contribution in [0.1, 0.15) is 364 Å². The molecule has 1 rings (SSSR count). The Morgan fingerprint density at radius 2 is 0.588 bits per heavy atom. The van der Waals surface area contributed by atoms with Crippen molar-refractivity contribution in [2.45, 2.75) is 376 Å². The van der Waals surface area contributed by atoms with Crippen LogP contribution in [0.2, 0.25) is 0 Å². The Labute approximate surface area is 493 Å². The summed E-state index contributed by atoms with van der Waals surface area (Å²) >= 11 is 0. The molecule has 0 N–H and O–H groups in total. The molecule has 0 radical (unpaired) electrons. The minimum atomic E-state index is -1.47. The molecule has 1 heterocycles. The second-order valence-electron chi connectivity index (χ2n) is 24.4. The van der Waals surface area contributed by atoms with Crippen LogP contribution in [0.3, 0.4) is 0 Å². The molecule has 0 aromatic heterocycles. The number of hydrogen-bond donors (Lipinski definition) is 0. The van der Waals surface area contributed by atoms with E-state index >= 15 is 0 Å². The lowest BCUT2D eigenvalue weighted by Crippen LogP contribution is -2.41. The maximum atomic E-state index is 14.9. The number of carbonyl (C=O) groups excluding carboxylic acids is 5. The van der Waals surface area contributed by atoms with Crippen LogP contribution in [0.5, 0.6) is 0 Å². The molecule has 0 amide bonds. The molecule has 0 saturated heterocycles. The summed E-state index contributed by atoms with van der Waals surface area (Å²) < 4.78 is 31.8. The van der Waals surface area contributed by atoms with Crippen molar-refractivity contribution in [3.05, 3.63) is 11.5 Å². The largest absolute Gasteiger partial charge is 0.461 e. The maximum absolute atomic E-state index is 14.9.